The van der Waals surface area contributed by atoms with Gasteiger partial charge in [-0.15, -0.1) is 0 Å². The van der Waals surface area contributed by atoms with Gasteiger partial charge in [-0.2, -0.15) is 0 Å². The van der Waals surface area contributed by atoms with Crippen LogP contribution in [0, 0.1) is 0 Å². The van der Waals surface area contributed by atoms with Gasteiger partial charge in [0, 0.05) is 13.1 Å². The van der Waals surface area contributed by atoms with Crippen molar-refractivity contribution in [1.82, 2.24) is 9.55 Å². The van der Waals surface area contributed by atoms with Crippen LogP contribution in [-0.2, 0) is 14.1 Å². The molecule has 0 bridgehead atoms. The van der Waals surface area contributed by atoms with Crippen LogP contribution >= 0.6 is 0 Å². The van der Waals surface area contributed by atoms with Gasteiger partial charge in [0.15, 0.2) is 12.4 Å². The Kier molecular flexibility index (Phi) is 1.30. The van der Waals surface area contributed by atoms with Crippen LogP contribution in [0.1, 0.15) is 0 Å². The van der Waals surface area contributed by atoms with E-state index < -0.39 is 0 Å². The average molecular weight is 164 g/mol. The van der Waals surface area contributed by atoms with Gasteiger partial charge in [0.2, 0.25) is 0 Å². The van der Waals surface area contributed by atoms with Crippen LogP contribution in [0.3, 0.4) is 0 Å². The van der Waals surface area contributed by atoms with E-state index in [4.69, 9.17) is 0 Å². The van der Waals surface area contributed by atoms with Gasteiger partial charge in [0.1, 0.15) is 12.6 Å². The molecule has 0 radical (unpaired) electrons. The van der Waals surface area contributed by atoms with Crippen molar-refractivity contribution in [3.8, 4) is 0 Å². The number of H-pyrrole nitrogens is 1. The highest BCUT2D eigenvalue weighted by Crippen LogP contribution is 2.03. The molecule has 1 N–H and O–H groups in total. The number of aryl methyl sites for hydroxylation is 2. The molecule has 0 saturated heterocycles. The van der Waals surface area contributed by atoms with Gasteiger partial charge < -0.3 is 4.98 Å². The van der Waals surface area contributed by atoms with Crippen molar-refractivity contribution < 1.29 is 4.57 Å². The van der Waals surface area contributed by atoms with E-state index >= 15 is 0 Å². The van der Waals surface area contributed by atoms with Crippen LogP contribution in [0.4, 0.5) is 0 Å². The third-order valence-corrected chi connectivity index (χ3v) is 1.99. The molecule has 0 aliphatic rings. The van der Waals surface area contributed by atoms with Crippen LogP contribution in [0.5, 0.6) is 0 Å². The number of nitrogens with zero attached hydrogens (tertiary/aromatic N) is 2. The minimum absolute atomic E-state index is 0.0730. The summed E-state index contributed by atoms with van der Waals surface area (Å²) < 4.78 is 3.50. The SMILES string of the molecule is Cn1c(=O)[nH]c2cc[n+](C)cc21. The number of hydrogen-bond acceptors (Lipinski definition) is 1. The summed E-state index contributed by atoms with van der Waals surface area (Å²) in [7, 11) is 3.68. The highest BCUT2D eigenvalue weighted by Gasteiger charge is 2.05. The quantitative estimate of drug-likeness (QED) is 0.533. The predicted molar refractivity (Wildman–Crippen MR) is 44.7 cm³/mol. The largest absolute Gasteiger partial charge is 0.326 e. The molecule has 0 amide bonds. The summed E-state index contributed by atoms with van der Waals surface area (Å²) in [6.45, 7) is 0. The maximum Gasteiger partial charge on any atom is 0.326 e. The number of pyridine rings is 1. The van der Waals surface area contributed by atoms with Crippen molar-refractivity contribution in [3.05, 3.63) is 28.9 Å². The molecule has 62 valence electrons. The summed E-state index contributed by atoms with van der Waals surface area (Å²) in [5, 5.41) is 0. The Bertz CT molecular complexity index is 480. The maximum absolute atomic E-state index is 11.1. The second-order valence-electron chi connectivity index (χ2n) is 2.90. The number of fused-ring (bicyclic) bond motifs is 1. The molecule has 2 aromatic rings. The molecule has 0 saturated carbocycles. The van der Waals surface area contributed by atoms with Crippen LogP contribution in [0.15, 0.2) is 23.3 Å². The topological polar surface area (TPSA) is 41.7 Å². The predicted octanol–water partition coefficient (Wildman–Crippen LogP) is -0.309. The molecule has 2 heterocycles. The van der Waals surface area contributed by atoms with E-state index in [1.165, 1.54) is 0 Å². The molecule has 4 heteroatoms. The highest BCUT2D eigenvalue weighted by atomic mass is 16.1. The minimum Gasteiger partial charge on any atom is -0.305 e. The van der Waals surface area contributed by atoms with Crippen molar-refractivity contribution in [2.75, 3.05) is 0 Å². The van der Waals surface area contributed by atoms with E-state index in [1.54, 1.807) is 11.6 Å². The molecule has 0 aliphatic carbocycles. The van der Waals surface area contributed by atoms with Crippen molar-refractivity contribution in [2.45, 2.75) is 0 Å². The molecule has 12 heavy (non-hydrogen) atoms. The van der Waals surface area contributed by atoms with E-state index in [9.17, 15) is 4.79 Å². The summed E-state index contributed by atoms with van der Waals surface area (Å²) in [5.74, 6) is 0. The normalized spacial score (nSPS) is 10.8. The Morgan fingerprint density at radius 3 is 3.08 bits per heavy atom. The molecule has 0 atom stereocenters. The molecule has 0 aliphatic heterocycles. The third kappa shape index (κ3) is 0.845. The minimum atomic E-state index is -0.0730. The van der Waals surface area contributed by atoms with Crippen molar-refractivity contribution in [3.63, 3.8) is 0 Å². The average Bonchev–Trinajstić information content (AvgIpc) is 2.31. The summed E-state index contributed by atoms with van der Waals surface area (Å²) in [6, 6.07) is 1.89. The van der Waals surface area contributed by atoms with Crippen LogP contribution in [0.2, 0.25) is 0 Å². The van der Waals surface area contributed by atoms with E-state index in [2.05, 4.69) is 4.98 Å². The van der Waals surface area contributed by atoms with E-state index in [0.29, 0.717) is 0 Å². The molecule has 4 nitrogen and oxygen atoms in total. The number of nitrogens with one attached hydrogen (secondary N) is 1. The number of aromatic amines is 1. The summed E-state index contributed by atoms with van der Waals surface area (Å²) in [5.41, 5.74) is 1.72. The summed E-state index contributed by atoms with van der Waals surface area (Å²) in [4.78, 5) is 13.9. The zero-order chi connectivity index (χ0) is 8.72. The molecule has 0 unspecified atom stereocenters. The van der Waals surface area contributed by atoms with Crippen LogP contribution in [0.25, 0.3) is 11.0 Å². The van der Waals surface area contributed by atoms with E-state index in [-0.39, 0.29) is 5.69 Å². The number of rotatable bonds is 0. The first-order valence-corrected chi connectivity index (χ1v) is 3.72. The van der Waals surface area contributed by atoms with Gasteiger partial charge in [-0.05, 0) is 0 Å². The Morgan fingerprint density at radius 1 is 1.58 bits per heavy atom. The Morgan fingerprint density at radius 2 is 2.33 bits per heavy atom. The first kappa shape index (κ1) is 7.09. The Hall–Kier alpha value is -1.58. The maximum atomic E-state index is 11.1. The second kappa shape index (κ2) is 2.20. The van der Waals surface area contributed by atoms with Gasteiger partial charge in [-0.3, -0.25) is 4.57 Å². The summed E-state index contributed by atoms with van der Waals surface area (Å²) in [6.07, 6.45) is 3.81. The lowest BCUT2D eigenvalue weighted by atomic mass is 10.4. The van der Waals surface area contributed by atoms with Crippen molar-refractivity contribution in [1.29, 1.82) is 0 Å². The Balaban J connectivity index is 2.98. The first-order valence-electron chi connectivity index (χ1n) is 3.72. The molecule has 0 spiro atoms. The van der Waals surface area contributed by atoms with Gasteiger partial charge in [-0.1, -0.05) is 0 Å². The lowest BCUT2D eigenvalue weighted by molar-refractivity contribution is -0.670. The fourth-order valence-electron chi connectivity index (χ4n) is 1.26. The van der Waals surface area contributed by atoms with Gasteiger partial charge in [0.25, 0.3) is 0 Å². The van der Waals surface area contributed by atoms with E-state index in [1.807, 2.05) is 30.1 Å². The fourth-order valence-corrected chi connectivity index (χ4v) is 1.26. The van der Waals surface area contributed by atoms with Gasteiger partial charge in [-0.25, -0.2) is 9.36 Å². The summed E-state index contributed by atoms with van der Waals surface area (Å²) >= 11 is 0. The van der Waals surface area contributed by atoms with Crippen LogP contribution in [-0.4, -0.2) is 9.55 Å². The molecule has 2 aromatic heterocycles. The smallest absolute Gasteiger partial charge is 0.305 e. The van der Waals surface area contributed by atoms with E-state index in [0.717, 1.165) is 11.0 Å². The second-order valence-corrected chi connectivity index (χ2v) is 2.90. The fraction of sp³-hybridized carbons (Fsp3) is 0.250. The molecule has 0 aromatic carbocycles. The number of hydrogen-bond donors (Lipinski definition) is 1. The third-order valence-electron chi connectivity index (χ3n) is 1.99. The molecule has 2 rings (SSSR count). The first-order chi connectivity index (χ1) is 5.68. The number of aromatic nitrogens is 3. The van der Waals surface area contributed by atoms with Crippen molar-refractivity contribution >= 4 is 11.0 Å². The van der Waals surface area contributed by atoms with Gasteiger partial charge >= 0.3 is 5.69 Å². The van der Waals surface area contributed by atoms with Crippen molar-refractivity contribution in [2.24, 2.45) is 14.1 Å². The molecule has 0 fully saturated rings. The molecular weight excluding hydrogens is 154 g/mol. The zero-order valence-corrected chi connectivity index (χ0v) is 7.03. The Labute approximate surface area is 69.1 Å². The lowest BCUT2D eigenvalue weighted by Crippen LogP contribution is -2.26. The highest BCUT2D eigenvalue weighted by molar-refractivity contribution is 5.72. The zero-order valence-electron chi connectivity index (χ0n) is 7.03. The lowest BCUT2D eigenvalue weighted by Gasteiger charge is -1.89. The van der Waals surface area contributed by atoms with Crippen LogP contribution < -0.4 is 10.3 Å². The standard InChI is InChI=1S/C8H9N3O/c1-10-4-3-6-7(5-10)11(2)8(12)9-6/h3-5H,1-2H3/p+1. The molecular formula is C8H10N3O+. The monoisotopic (exact) mass is 164 g/mol. The van der Waals surface area contributed by atoms with Gasteiger partial charge in [0.05, 0.1) is 5.52 Å². The number of imidazole rings is 1.